The molecular weight excluding hydrogens is 312 g/mol. The van der Waals surface area contributed by atoms with Crippen molar-refractivity contribution in [1.82, 2.24) is 10.2 Å². The van der Waals surface area contributed by atoms with Crippen LogP contribution in [0, 0.1) is 11.8 Å². The summed E-state index contributed by atoms with van der Waals surface area (Å²) < 4.78 is 0. The Balaban J connectivity index is 1.56. The molecular formula is C21H24N2O2. The Morgan fingerprint density at radius 2 is 1.68 bits per heavy atom. The van der Waals surface area contributed by atoms with Crippen LogP contribution >= 0.6 is 0 Å². The molecule has 2 aromatic rings. The third-order valence-corrected chi connectivity index (χ3v) is 5.58. The molecule has 3 atom stereocenters. The van der Waals surface area contributed by atoms with Crippen molar-refractivity contribution in [3.63, 3.8) is 0 Å². The molecule has 0 spiro atoms. The standard InChI is InChI=1S/C21H24N2O2/c24-19-8-6-15(7-9-19)10-20(16-4-2-1-3-5-16)21(25)23-13-17-11-22-12-18(17)14-23/h1-9,17-18,20,22,24H,10-14H2/t17-,18+,20-/m1/s1. The molecule has 0 bridgehead atoms. The van der Waals surface area contributed by atoms with Gasteiger partial charge in [0.15, 0.2) is 0 Å². The van der Waals surface area contributed by atoms with Gasteiger partial charge in [-0.05, 0) is 41.5 Å². The van der Waals surface area contributed by atoms with E-state index in [9.17, 15) is 9.90 Å². The first kappa shape index (κ1) is 16.2. The second-order valence-corrected chi connectivity index (χ2v) is 7.26. The van der Waals surface area contributed by atoms with E-state index < -0.39 is 0 Å². The van der Waals surface area contributed by atoms with Crippen LogP contribution in [0.25, 0.3) is 0 Å². The summed E-state index contributed by atoms with van der Waals surface area (Å²) >= 11 is 0. The van der Waals surface area contributed by atoms with Crippen molar-refractivity contribution in [2.24, 2.45) is 11.8 Å². The Bertz CT molecular complexity index is 717. The highest BCUT2D eigenvalue weighted by Crippen LogP contribution is 2.31. The molecule has 4 heteroatoms. The zero-order chi connectivity index (χ0) is 17.2. The van der Waals surface area contributed by atoms with Crippen LogP contribution in [0.15, 0.2) is 54.6 Å². The van der Waals surface area contributed by atoms with E-state index >= 15 is 0 Å². The van der Waals surface area contributed by atoms with Crippen LogP contribution < -0.4 is 5.32 Å². The van der Waals surface area contributed by atoms with Gasteiger partial charge in [0, 0.05) is 26.2 Å². The molecule has 0 radical (unpaired) electrons. The number of benzene rings is 2. The maximum Gasteiger partial charge on any atom is 0.230 e. The van der Waals surface area contributed by atoms with Gasteiger partial charge in [0.05, 0.1) is 5.92 Å². The topological polar surface area (TPSA) is 52.6 Å². The fourth-order valence-corrected chi connectivity index (χ4v) is 4.16. The molecule has 0 unspecified atom stereocenters. The zero-order valence-electron chi connectivity index (χ0n) is 14.3. The molecule has 4 rings (SSSR count). The number of carbonyl (C=O) groups is 1. The van der Waals surface area contributed by atoms with Crippen molar-refractivity contribution < 1.29 is 9.90 Å². The number of likely N-dealkylation sites (tertiary alicyclic amines) is 1. The van der Waals surface area contributed by atoms with Gasteiger partial charge in [-0.2, -0.15) is 0 Å². The fourth-order valence-electron chi connectivity index (χ4n) is 4.16. The molecule has 2 aliphatic heterocycles. The van der Waals surface area contributed by atoms with E-state index in [0.29, 0.717) is 18.3 Å². The van der Waals surface area contributed by atoms with Crippen LogP contribution in [0.4, 0.5) is 0 Å². The Kier molecular flexibility index (Phi) is 4.45. The Hall–Kier alpha value is -2.33. The van der Waals surface area contributed by atoms with Crippen molar-refractivity contribution in [3.8, 4) is 5.75 Å². The minimum Gasteiger partial charge on any atom is -0.508 e. The van der Waals surface area contributed by atoms with Crippen LogP contribution in [0.1, 0.15) is 17.0 Å². The lowest BCUT2D eigenvalue weighted by molar-refractivity contribution is -0.132. The first-order chi connectivity index (χ1) is 12.2. The number of fused-ring (bicyclic) bond motifs is 1. The van der Waals surface area contributed by atoms with E-state index in [0.717, 1.165) is 37.3 Å². The number of aromatic hydroxyl groups is 1. The van der Waals surface area contributed by atoms with Gasteiger partial charge < -0.3 is 15.3 Å². The van der Waals surface area contributed by atoms with Crippen LogP contribution in [0.3, 0.4) is 0 Å². The number of phenolic OH excluding ortho intramolecular Hbond substituents is 1. The van der Waals surface area contributed by atoms with E-state index in [1.54, 1.807) is 12.1 Å². The van der Waals surface area contributed by atoms with Crippen molar-refractivity contribution in [2.45, 2.75) is 12.3 Å². The van der Waals surface area contributed by atoms with Gasteiger partial charge in [-0.15, -0.1) is 0 Å². The van der Waals surface area contributed by atoms with Crippen molar-refractivity contribution in [3.05, 3.63) is 65.7 Å². The van der Waals surface area contributed by atoms with Gasteiger partial charge in [-0.1, -0.05) is 42.5 Å². The molecule has 4 nitrogen and oxygen atoms in total. The molecule has 2 N–H and O–H groups in total. The Morgan fingerprint density at radius 1 is 1.04 bits per heavy atom. The summed E-state index contributed by atoms with van der Waals surface area (Å²) in [6.45, 7) is 3.80. The molecule has 0 saturated carbocycles. The first-order valence-corrected chi connectivity index (χ1v) is 9.03. The average Bonchev–Trinajstić information content (AvgIpc) is 3.23. The van der Waals surface area contributed by atoms with Crippen molar-refractivity contribution in [2.75, 3.05) is 26.2 Å². The summed E-state index contributed by atoms with van der Waals surface area (Å²) in [4.78, 5) is 15.4. The summed E-state index contributed by atoms with van der Waals surface area (Å²) in [5, 5.41) is 12.9. The molecule has 2 heterocycles. The summed E-state index contributed by atoms with van der Waals surface area (Å²) in [6, 6.07) is 17.2. The molecule has 130 valence electrons. The summed E-state index contributed by atoms with van der Waals surface area (Å²) in [5.74, 6) is 1.53. The largest absolute Gasteiger partial charge is 0.508 e. The van der Waals surface area contributed by atoms with Crippen LogP contribution in [-0.4, -0.2) is 42.1 Å². The SMILES string of the molecule is O=C([C@H](Cc1ccc(O)cc1)c1ccccc1)N1C[C@H]2CNC[C@H]2C1. The molecule has 2 fully saturated rings. The predicted octanol–water partition coefficient (Wildman–Crippen LogP) is 2.40. The summed E-state index contributed by atoms with van der Waals surface area (Å²) in [6.07, 6.45) is 0.660. The minimum atomic E-state index is -0.169. The molecule has 0 aromatic heterocycles. The zero-order valence-corrected chi connectivity index (χ0v) is 14.3. The van der Waals surface area contributed by atoms with Gasteiger partial charge in [-0.25, -0.2) is 0 Å². The maximum absolute atomic E-state index is 13.3. The molecule has 0 aliphatic carbocycles. The second kappa shape index (κ2) is 6.89. The second-order valence-electron chi connectivity index (χ2n) is 7.26. The third-order valence-electron chi connectivity index (χ3n) is 5.58. The summed E-state index contributed by atoms with van der Waals surface area (Å²) in [7, 11) is 0. The van der Waals surface area contributed by atoms with Crippen LogP contribution in [0.2, 0.25) is 0 Å². The van der Waals surface area contributed by atoms with E-state index in [1.165, 1.54) is 0 Å². The number of hydrogen-bond acceptors (Lipinski definition) is 3. The van der Waals surface area contributed by atoms with Crippen LogP contribution in [0.5, 0.6) is 5.75 Å². The van der Waals surface area contributed by atoms with E-state index in [1.807, 2.05) is 42.5 Å². The number of hydrogen-bond donors (Lipinski definition) is 2. The van der Waals surface area contributed by atoms with Gasteiger partial charge >= 0.3 is 0 Å². The van der Waals surface area contributed by atoms with E-state index in [2.05, 4.69) is 10.2 Å². The Labute approximate surface area is 148 Å². The van der Waals surface area contributed by atoms with Gasteiger partial charge in [0.2, 0.25) is 5.91 Å². The van der Waals surface area contributed by atoms with Crippen LogP contribution in [-0.2, 0) is 11.2 Å². The first-order valence-electron chi connectivity index (χ1n) is 9.03. The van der Waals surface area contributed by atoms with Crippen molar-refractivity contribution in [1.29, 1.82) is 0 Å². The molecule has 2 aliphatic rings. The smallest absolute Gasteiger partial charge is 0.230 e. The normalized spacial score (nSPS) is 23.4. The number of nitrogens with one attached hydrogen (secondary N) is 1. The minimum absolute atomic E-state index is 0.169. The quantitative estimate of drug-likeness (QED) is 0.901. The fraction of sp³-hybridized carbons (Fsp3) is 0.381. The molecule has 2 saturated heterocycles. The lowest BCUT2D eigenvalue weighted by Gasteiger charge is -2.25. The average molecular weight is 336 g/mol. The van der Waals surface area contributed by atoms with Gasteiger partial charge in [0.25, 0.3) is 0 Å². The lowest BCUT2D eigenvalue weighted by Crippen LogP contribution is -2.36. The lowest BCUT2D eigenvalue weighted by atomic mass is 9.90. The highest BCUT2D eigenvalue weighted by atomic mass is 16.3. The number of carbonyl (C=O) groups excluding carboxylic acids is 1. The predicted molar refractivity (Wildman–Crippen MR) is 97.4 cm³/mol. The van der Waals surface area contributed by atoms with E-state index in [-0.39, 0.29) is 17.6 Å². The van der Waals surface area contributed by atoms with Gasteiger partial charge in [-0.3, -0.25) is 4.79 Å². The van der Waals surface area contributed by atoms with E-state index in [4.69, 9.17) is 0 Å². The number of amides is 1. The third kappa shape index (κ3) is 3.40. The van der Waals surface area contributed by atoms with Crippen molar-refractivity contribution >= 4 is 5.91 Å². The monoisotopic (exact) mass is 336 g/mol. The highest BCUT2D eigenvalue weighted by Gasteiger charge is 2.40. The molecule has 1 amide bonds. The highest BCUT2D eigenvalue weighted by molar-refractivity contribution is 5.84. The molecule has 2 aromatic carbocycles. The number of rotatable bonds is 4. The Morgan fingerprint density at radius 3 is 2.32 bits per heavy atom. The molecule has 25 heavy (non-hydrogen) atoms. The number of nitrogens with zero attached hydrogens (tertiary/aromatic N) is 1. The van der Waals surface area contributed by atoms with Gasteiger partial charge in [0.1, 0.15) is 5.75 Å². The maximum atomic E-state index is 13.3. The number of phenols is 1. The summed E-state index contributed by atoms with van der Waals surface area (Å²) in [5.41, 5.74) is 2.14.